The van der Waals surface area contributed by atoms with Gasteiger partial charge in [-0.2, -0.15) is 0 Å². The highest BCUT2D eigenvalue weighted by molar-refractivity contribution is 5.69. The molecule has 0 atom stereocenters. The van der Waals surface area contributed by atoms with E-state index in [-0.39, 0.29) is 11.7 Å². The number of hydrogen-bond donors (Lipinski definition) is 1. The average molecular weight is 488 g/mol. The van der Waals surface area contributed by atoms with Crippen LogP contribution in [0.25, 0.3) is 11.3 Å². The minimum atomic E-state index is -2.61. The summed E-state index contributed by atoms with van der Waals surface area (Å²) in [5, 5.41) is 3.49. The first-order valence-electron chi connectivity index (χ1n) is 12.4. The molecule has 0 spiro atoms. The van der Waals surface area contributed by atoms with Gasteiger partial charge in [-0.05, 0) is 57.9 Å². The molecule has 0 unspecified atom stereocenters. The van der Waals surface area contributed by atoms with E-state index in [4.69, 9.17) is 9.72 Å². The van der Waals surface area contributed by atoms with Gasteiger partial charge in [-0.15, -0.1) is 0 Å². The summed E-state index contributed by atoms with van der Waals surface area (Å²) < 4.78 is 33.0. The van der Waals surface area contributed by atoms with Gasteiger partial charge in [0.05, 0.1) is 5.69 Å². The quantitative estimate of drug-likeness (QED) is 0.568. The number of amides is 1. The number of hydrogen-bond acceptors (Lipinski definition) is 6. The molecular formula is C26H35F2N5O2. The zero-order valence-electron chi connectivity index (χ0n) is 20.8. The molecule has 4 rings (SSSR count). The molecule has 0 aromatic carbocycles. The van der Waals surface area contributed by atoms with E-state index in [1.807, 2.05) is 31.7 Å². The van der Waals surface area contributed by atoms with E-state index >= 15 is 0 Å². The van der Waals surface area contributed by atoms with Gasteiger partial charge in [-0.1, -0.05) is 19.3 Å². The van der Waals surface area contributed by atoms with Crippen molar-refractivity contribution in [2.75, 3.05) is 36.4 Å². The Balaban J connectivity index is 1.51. The third-order valence-corrected chi connectivity index (χ3v) is 6.35. The van der Waals surface area contributed by atoms with Crippen molar-refractivity contribution in [1.29, 1.82) is 0 Å². The molecule has 1 aliphatic carbocycles. The highest BCUT2D eigenvalue weighted by Crippen LogP contribution is 2.30. The number of rotatable bonds is 5. The molecule has 9 heteroatoms. The van der Waals surface area contributed by atoms with Crippen LogP contribution in [0.3, 0.4) is 0 Å². The summed E-state index contributed by atoms with van der Waals surface area (Å²) in [7, 11) is 0. The lowest BCUT2D eigenvalue weighted by molar-refractivity contribution is 0.0240. The number of alkyl halides is 2. The minimum Gasteiger partial charge on any atom is -0.444 e. The number of ether oxygens (including phenoxy) is 1. The molecule has 0 bridgehead atoms. The van der Waals surface area contributed by atoms with Gasteiger partial charge < -0.3 is 19.9 Å². The van der Waals surface area contributed by atoms with Gasteiger partial charge in [0.1, 0.15) is 17.2 Å². The Labute approximate surface area is 205 Å². The Morgan fingerprint density at radius 1 is 1.09 bits per heavy atom. The molecular weight excluding hydrogens is 452 g/mol. The summed E-state index contributed by atoms with van der Waals surface area (Å²) in [6.07, 6.45) is 4.64. The van der Waals surface area contributed by atoms with Crippen LogP contribution in [0.4, 0.5) is 25.2 Å². The summed E-state index contributed by atoms with van der Waals surface area (Å²) >= 11 is 0. The number of carbonyl (C=O) groups excluding carboxylic acids is 1. The van der Waals surface area contributed by atoms with Gasteiger partial charge in [0.2, 0.25) is 0 Å². The van der Waals surface area contributed by atoms with Crippen molar-refractivity contribution in [2.24, 2.45) is 0 Å². The molecule has 1 N–H and O–H groups in total. The van der Waals surface area contributed by atoms with Gasteiger partial charge in [0.15, 0.2) is 0 Å². The van der Waals surface area contributed by atoms with Crippen LogP contribution in [-0.4, -0.2) is 58.8 Å². The van der Waals surface area contributed by atoms with Crippen LogP contribution in [-0.2, 0) is 4.74 Å². The smallest absolute Gasteiger partial charge is 0.410 e. The Morgan fingerprint density at radius 2 is 1.80 bits per heavy atom. The van der Waals surface area contributed by atoms with E-state index in [9.17, 15) is 13.6 Å². The van der Waals surface area contributed by atoms with Crippen LogP contribution >= 0.6 is 0 Å². The Morgan fingerprint density at radius 3 is 2.46 bits per heavy atom. The lowest BCUT2D eigenvalue weighted by Crippen LogP contribution is -2.50. The van der Waals surface area contributed by atoms with Crippen molar-refractivity contribution >= 4 is 17.7 Å². The molecule has 2 aromatic rings. The fourth-order valence-electron chi connectivity index (χ4n) is 4.54. The van der Waals surface area contributed by atoms with E-state index in [0.717, 1.165) is 24.2 Å². The molecule has 1 amide bonds. The first-order valence-corrected chi connectivity index (χ1v) is 12.4. The largest absolute Gasteiger partial charge is 0.444 e. The van der Waals surface area contributed by atoms with Gasteiger partial charge in [0, 0.05) is 49.5 Å². The highest BCUT2D eigenvalue weighted by atomic mass is 19.3. The van der Waals surface area contributed by atoms with Crippen LogP contribution < -0.4 is 10.2 Å². The summed E-state index contributed by atoms with van der Waals surface area (Å²) in [5.41, 5.74) is 0.597. The fourth-order valence-corrected chi connectivity index (χ4v) is 4.54. The molecule has 3 heterocycles. The molecule has 1 saturated heterocycles. The topological polar surface area (TPSA) is 70.6 Å². The third-order valence-electron chi connectivity index (χ3n) is 6.35. The number of nitrogens with zero attached hydrogens (tertiary/aromatic N) is 4. The molecule has 1 saturated carbocycles. The zero-order chi connectivity index (χ0) is 25.0. The Hall–Kier alpha value is -2.97. The maximum absolute atomic E-state index is 13.8. The van der Waals surface area contributed by atoms with E-state index in [1.165, 1.54) is 31.4 Å². The fraction of sp³-hybridized carbons (Fsp3) is 0.577. The van der Waals surface area contributed by atoms with E-state index < -0.39 is 12.0 Å². The van der Waals surface area contributed by atoms with Gasteiger partial charge >= 0.3 is 6.09 Å². The Bertz CT molecular complexity index is 1010. The molecule has 1 aliphatic heterocycles. The second kappa shape index (κ2) is 10.7. The highest BCUT2D eigenvalue weighted by Gasteiger charge is 2.27. The number of aromatic nitrogens is 2. The molecule has 35 heavy (non-hydrogen) atoms. The normalized spacial score (nSPS) is 17.5. The number of pyridine rings is 2. The second-order valence-corrected chi connectivity index (χ2v) is 10.3. The summed E-state index contributed by atoms with van der Waals surface area (Å²) in [6, 6.07) is 6.97. The van der Waals surface area contributed by atoms with Crippen molar-refractivity contribution in [3.63, 3.8) is 0 Å². The van der Waals surface area contributed by atoms with E-state index in [1.54, 1.807) is 17.2 Å². The number of carbonyl (C=O) groups is 1. The summed E-state index contributed by atoms with van der Waals surface area (Å²) in [5.74, 6) is 1.23. The van der Waals surface area contributed by atoms with Gasteiger partial charge in [-0.25, -0.2) is 23.5 Å². The lowest BCUT2D eigenvalue weighted by atomic mass is 9.95. The number of halogens is 2. The average Bonchev–Trinajstić information content (AvgIpc) is 2.83. The van der Waals surface area contributed by atoms with Crippen molar-refractivity contribution in [3.05, 3.63) is 36.0 Å². The molecule has 2 aliphatic rings. The third kappa shape index (κ3) is 6.80. The van der Waals surface area contributed by atoms with E-state index in [0.29, 0.717) is 43.7 Å². The standard InChI is InChI=1S/C26H35F2N5O2/c1-26(2,3)35-25(34)33-13-11-32(12-14-33)23-17-19(24(27)28)15-21(31-23)18-9-10-29-22(16-18)30-20-7-5-4-6-8-20/h9-10,15-17,20,24H,4-8,11-14H2,1-3H3,(H,29,30). The van der Waals surface area contributed by atoms with Crippen LogP contribution in [0.2, 0.25) is 0 Å². The van der Waals surface area contributed by atoms with Crippen LogP contribution in [0.5, 0.6) is 0 Å². The molecule has 2 aromatic heterocycles. The van der Waals surface area contributed by atoms with Crippen LogP contribution in [0.1, 0.15) is 64.9 Å². The molecule has 0 radical (unpaired) electrons. The van der Waals surface area contributed by atoms with Crippen LogP contribution in [0, 0.1) is 0 Å². The second-order valence-electron chi connectivity index (χ2n) is 10.3. The lowest BCUT2D eigenvalue weighted by Gasteiger charge is -2.36. The van der Waals surface area contributed by atoms with Gasteiger partial charge in [-0.3, -0.25) is 0 Å². The van der Waals surface area contributed by atoms with Gasteiger partial charge in [0.25, 0.3) is 6.43 Å². The zero-order valence-corrected chi connectivity index (χ0v) is 20.8. The predicted molar refractivity (Wildman–Crippen MR) is 133 cm³/mol. The molecule has 190 valence electrons. The minimum absolute atomic E-state index is 0.0711. The molecule has 7 nitrogen and oxygen atoms in total. The number of anilines is 2. The Kier molecular flexibility index (Phi) is 7.72. The van der Waals surface area contributed by atoms with Crippen molar-refractivity contribution in [2.45, 2.75) is 70.9 Å². The predicted octanol–water partition coefficient (Wildman–Crippen LogP) is 5.88. The summed E-state index contributed by atoms with van der Waals surface area (Å²) in [6.45, 7) is 7.35. The van der Waals surface area contributed by atoms with Crippen molar-refractivity contribution in [3.8, 4) is 11.3 Å². The number of piperazine rings is 1. The molecule has 2 fully saturated rings. The SMILES string of the molecule is CC(C)(C)OC(=O)N1CCN(c2cc(C(F)F)cc(-c3ccnc(NC4CCCCC4)c3)n2)CC1. The monoisotopic (exact) mass is 487 g/mol. The van der Waals surface area contributed by atoms with Crippen molar-refractivity contribution in [1.82, 2.24) is 14.9 Å². The first kappa shape index (κ1) is 25.1. The maximum atomic E-state index is 13.8. The van der Waals surface area contributed by atoms with Crippen LogP contribution in [0.15, 0.2) is 30.5 Å². The first-order chi connectivity index (χ1) is 16.7. The van der Waals surface area contributed by atoms with E-state index in [2.05, 4.69) is 10.3 Å². The maximum Gasteiger partial charge on any atom is 0.410 e. The summed E-state index contributed by atoms with van der Waals surface area (Å²) in [4.78, 5) is 25.1. The van der Waals surface area contributed by atoms with Crippen molar-refractivity contribution < 1.29 is 18.3 Å². The number of nitrogens with one attached hydrogen (secondary N) is 1.